The zero-order valence-corrected chi connectivity index (χ0v) is 9.43. The molecule has 0 aromatic carbocycles. The third kappa shape index (κ3) is 1.69. The Morgan fingerprint density at radius 3 is 2.81 bits per heavy atom. The number of aromatic amines is 1. The fourth-order valence-electron chi connectivity index (χ4n) is 1.39. The summed E-state index contributed by atoms with van der Waals surface area (Å²) in [6, 6.07) is 3.49. The second kappa shape index (κ2) is 3.80. The van der Waals surface area contributed by atoms with Crippen LogP contribution < -0.4 is 0 Å². The molecule has 16 heavy (non-hydrogen) atoms. The molecule has 0 unspecified atom stereocenters. The fourth-order valence-corrected chi connectivity index (χ4v) is 1.39. The summed E-state index contributed by atoms with van der Waals surface area (Å²) in [6.07, 6.45) is 1.65. The number of carbonyl (C=O) groups excluding carboxylic acids is 1. The maximum atomic E-state index is 11.7. The highest BCUT2D eigenvalue weighted by Gasteiger charge is 2.14. The number of amides is 1. The molecular formula is C10H13N5O. The van der Waals surface area contributed by atoms with E-state index in [1.165, 1.54) is 9.58 Å². The largest absolute Gasteiger partial charge is 0.344 e. The molecule has 0 spiro atoms. The maximum Gasteiger partial charge on any atom is 0.344 e. The van der Waals surface area contributed by atoms with Gasteiger partial charge in [-0.2, -0.15) is 14.9 Å². The van der Waals surface area contributed by atoms with Gasteiger partial charge in [0, 0.05) is 26.0 Å². The lowest BCUT2D eigenvalue weighted by atomic mass is 10.3. The number of nitrogens with one attached hydrogen (secondary N) is 1. The predicted molar refractivity (Wildman–Crippen MR) is 59.0 cm³/mol. The quantitative estimate of drug-likeness (QED) is 0.781. The highest BCUT2D eigenvalue weighted by atomic mass is 16.2. The van der Waals surface area contributed by atoms with Crippen LogP contribution in [-0.2, 0) is 0 Å². The highest BCUT2D eigenvalue weighted by Crippen LogP contribution is 2.15. The number of nitrogens with zero attached hydrogens (tertiary/aromatic N) is 4. The highest BCUT2D eigenvalue weighted by molar-refractivity contribution is 5.77. The van der Waals surface area contributed by atoms with Gasteiger partial charge in [0.1, 0.15) is 5.69 Å². The van der Waals surface area contributed by atoms with Crippen molar-refractivity contribution in [3.63, 3.8) is 0 Å². The molecule has 0 bridgehead atoms. The van der Waals surface area contributed by atoms with Gasteiger partial charge < -0.3 is 4.90 Å². The van der Waals surface area contributed by atoms with Crippen molar-refractivity contribution in [1.82, 2.24) is 24.9 Å². The summed E-state index contributed by atoms with van der Waals surface area (Å²) in [5, 5.41) is 10.9. The molecule has 0 radical (unpaired) electrons. The Kier molecular flexibility index (Phi) is 2.47. The first-order chi connectivity index (χ1) is 7.59. The Balaban J connectivity index is 2.40. The van der Waals surface area contributed by atoms with Crippen LogP contribution in [-0.4, -0.2) is 45.0 Å². The van der Waals surface area contributed by atoms with Crippen molar-refractivity contribution in [2.75, 3.05) is 14.1 Å². The molecule has 0 atom stereocenters. The number of aryl methyl sites for hydroxylation is 1. The molecule has 0 saturated heterocycles. The van der Waals surface area contributed by atoms with Crippen molar-refractivity contribution in [2.45, 2.75) is 6.92 Å². The number of rotatable bonds is 1. The van der Waals surface area contributed by atoms with Crippen LogP contribution in [0.2, 0.25) is 0 Å². The van der Waals surface area contributed by atoms with E-state index in [4.69, 9.17) is 0 Å². The summed E-state index contributed by atoms with van der Waals surface area (Å²) in [5.74, 6) is 0. The normalized spacial score (nSPS) is 10.4. The second-order valence-corrected chi connectivity index (χ2v) is 3.73. The summed E-state index contributed by atoms with van der Waals surface area (Å²) >= 11 is 0. The third-order valence-electron chi connectivity index (χ3n) is 2.23. The number of H-pyrrole nitrogens is 1. The summed E-state index contributed by atoms with van der Waals surface area (Å²) in [6.45, 7) is 1.84. The molecule has 84 valence electrons. The van der Waals surface area contributed by atoms with Crippen LogP contribution in [0.3, 0.4) is 0 Å². The minimum absolute atomic E-state index is 0.164. The van der Waals surface area contributed by atoms with Gasteiger partial charge in [0.25, 0.3) is 0 Å². The Bertz CT molecular complexity index is 497. The maximum absolute atomic E-state index is 11.7. The average Bonchev–Trinajstić information content (AvgIpc) is 2.84. The van der Waals surface area contributed by atoms with Gasteiger partial charge >= 0.3 is 6.03 Å². The molecule has 0 aliphatic heterocycles. The first kappa shape index (κ1) is 10.4. The summed E-state index contributed by atoms with van der Waals surface area (Å²) in [5.41, 5.74) is 2.31. The van der Waals surface area contributed by atoms with E-state index in [2.05, 4.69) is 15.3 Å². The van der Waals surface area contributed by atoms with Gasteiger partial charge in [0.05, 0.1) is 5.69 Å². The van der Waals surface area contributed by atoms with Crippen molar-refractivity contribution in [2.24, 2.45) is 0 Å². The molecule has 2 heterocycles. The molecule has 1 N–H and O–H groups in total. The van der Waals surface area contributed by atoms with E-state index >= 15 is 0 Å². The molecule has 0 aliphatic rings. The molecule has 2 rings (SSSR count). The van der Waals surface area contributed by atoms with Crippen molar-refractivity contribution in [1.29, 1.82) is 0 Å². The van der Waals surface area contributed by atoms with E-state index in [9.17, 15) is 4.79 Å². The van der Waals surface area contributed by atoms with Crippen LogP contribution in [0.5, 0.6) is 0 Å². The standard InChI is InChI=1S/C10H13N5O/c1-7-6-9(8-4-5-11-12-8)13-15(7)10(16)14(2)3/h4-6H,1-3H3,(H,11,12). The van der Waals surface area contributed by atoms with Gasteiger partial charge in [-0.05, 0) is 19.1 Å². The number of hydrogen-bond acceptors (Lipinski definition) is 3. The molecule has 0 fully saturated rings. The van der Waals surface area contributed by atoms with E-state index in [1.807, 2.05) is 19.1 Å². The molecular weight excluding hydrogens is 206 g/mol. The molecule has 0 saturated carbocycles. The summed E-state index contributed by atoms with van der Waals surface area (Å²) in [7, 11) is 3.39. The average molecular weight is 219 g/mol. The van der Waals surface area contributed by atoms with Gasteiger partial charge in [-0.15, -0.1) is 0 Å². The van der Waals surface area contributed by atoms with Gasteiger partial charge in [-0.25, -0.2) is 4.79 Å². The second-order valence-electron chi connectivity index (χ2n) is 3.73. The Morgan fingerprint density at radius 1 is 1.50 bits per heavy atom. The minimum Gasteiger partial charge on any atom is -0.329 e. The van der Waals surface area contributed by atoms with Crippen LogP contribution in [0, 0.1) is 6.92 Å². The van der Waals surface area contributed by atoms with E-state index in [0.29, 0.717) is 5.69 Å². The van der Waals surface area contributed by atoms with Gasteiger partial charge in [0.15, 0.2) is 0 Å². The number of carbonyl (C=O) groups is 1. The zero-order chi connectivity index (χ0) is 11.7. The first-order valence-electron chi connectivity index (χ1n) is 4.87. The molecule has 6 nitrogen and oxygen atoms in total. The van der Waals surface area contributed by atoms with Crippen molar-refractivity contribution in [3.8, 4) is 11.4 Å². The van der Waals surface area contributed by atoms with Crippen LogP contribution in [0.4, 0.5) is 4.79 Å². The smallest absolute Gasteiger partial charge is 0.329 e. The molecule has 6 heteroatoms. The number of aromatic nitrogens is 4. The monoisotopic (exact) mass is 219 g/mol. The van der Waals surface area contributed by atoms with Crippen LogP contribution in [0.15, 0.2) is 18.3 Å². The van der Waals surface area contributed by atoms with E-state index in [0.717, 1.165) is 11.4 Å². The van der Waals surface area contributed by atoms with Crippen molar-refractivity contribution in [3.05, 3.63) is 24.0 Å². The molecule has 2 aromatic rings. The molecule has 2 aromatic heterocycles. The van der Waals surface area contributed by atoms with Gasteiger partial charge in [0.2, 0.25) is 0 Å². The van der Waals surface area contributed by atoms with E-state index < -0.39 is 0 Å². The summed E-state index contributed by atoms with van der Waals surface area (Å²) < 4.78 is 1.37. The first-order valence-corrected chi connectivity index (χ1v) is 4.87. The van der Waals surface area contributed by atoms with E-state index in [-0.39, 0.29) is 6.03 Å². The lowest BCUT2D eigenvalue weighted by molar-refractivity contribution is 0.215. The molecule has 0 aliphatic carbocycles. The number of hydrogen-bond donors (Lipinski definition) is 1. The lowest BCUT2D eigenvalue weighted by Gasteiger charge is -2.10. The van der Waals surface area contributed by atoms with Crippen molar-refractivity contribution >= 4 is 6.03 Å². The zero-order valence-electron chi connectivity index (χ0n) is 9.43. The fraction of sp³-hybridized carbons (Fsp3) is 0.300. The summed E-state index contributed by atoms with van der Waals surface area (Å²) in [4.78, 5) is 13.2. The Labute approximate surface area is 92.9 Å². The predicted octanol–water partition coefficient (Wildman–Crippen LogP) is 1.11. The van der Waals surface area contributed by atoms with Crippen LogP contribution in [0.25, 0.3) is 11.4 Å². The molecule has 1 amide bonds. The minimum atomic E-state index is -0.164. The Hall–Kier alpha value is -2.11. The van der Waals surface area contributed by atoms with Crippen LogP contribution >= 0.6 is 0 Å². The topological polar surface area (TPSA) is 66.8 Å². The third-order valence-corrected chi connectivity index (χ3v) is 2.23. The van der Waals surface area contributed by atoms with Crippen LogP contribution in [0.1, 0.15) is 5.69 Å². The SMILES string of the molecule is Cc1cc(-c2ccn[nH]2)nn1C(=O)N(C)C. The van der Waals surface area contributed by atoms with Crippen molar-refractivity contribution < 1.29 is 4.79 Å². The lowest BCUT2D eigenvalue weighted by Crippen LogP contribution is -2.28. The van der Waals surface area contributed by atoms with E-state index in [1.54, 1.807) is 20.3 Å². The Morgan fingerprint density at radius 2 is 2.25 bits per heavy atom. The van der Waals surface area contributed by atoms with Gasteiger partial charge in [-0.3, -0.25) is 5.10 Å². The van der Waals surface area contributed by atoms with Gasteiger partial charge in [-0.1, -0.05) is 0 Å².